The van der Waals surface area contributed by atoms with Gasteiger partial charge in [-0.25, -0.2) is 8.42 Å². The summed E-state index contributed by atoms with van der Waals surface area (Å²) in [6.07, 6.45) is 1.07. The summed E-state index contributed by atoms with van der Waals surface area (Å²) >= 11 is 5.94. The molecule has 8 heteroatoms. The molecule has 0 saturated carbocycles. The minimum absolute atomic E-state index is 0.00422. The number of carbonyl (C=O) groups is 1. The highest BCUT2D eigenvalue weighted by molar-refractivity contribution is 7.92. The third kappa shape index (κ3) is 6.15. The lowest BCUT2D eigenvalue weighted by atomic mass is 10.2. The van der Waals surface area contributed by atoms with Gasteiger partial charge in [0.2, 0.25) is 15.9 Å². The number of ether oxygens (including phenoxy) is 1. The van der Waals surface area contributed by atoms with E-state index < -0.39 is 15.9 Å². The number of anilines is 2. The lowest BCUT2D eigenvalue weighted by molar-refractivity contribution is -0.114. The second-order valence-corrected chi connectivity index (χ2v) is 8.79. The summed E-state index contributed by atoms with van der Waals surface area (Å²) in [4.78, 5) is 12.5. The summed E-state index contributed by atoms with van der Waals surface area (Å²) in [6.45, 7) is 5.20. The van der Waals surface area contributed by atoms with Gasteiger partial charge in [-0.3, -0.25) is 9.10 Å². The Kier molecular flexibility index (Phi) is 6.73. The molecule has 0 aliphatic carbocycles. The van der Waals surface area contributed by atoms with E-state index in [0.717, 1.165) is 10.6 Å². The summed E-state index contributed by atoms with van der Waals surface area (Å²) < 4.78 is 31.1. The van der Waals surface area contributed by atoms with Crippen LogP contribution in [0.2, 0.25) is 5.02 Å². The smallest absolute Gasteiger partial charge is 0.245 e. The summed E-state index contributed by atoms with van der Waals surface area (Å²) in [7, 11) is -3.66. The molecule has 0 radical (unpaired) electrons. The fraction of sp³-hybridized carbons (Fsp3) is 0.316. The minimum atomic E-state index is -3.66. The van der Waals surface area contributed by atoms with E-state index in [1.165, 1.54) is 0 Å². The summed E-state index contributed by atoms with van der Waals surface area (Å²) in [5.41, 5.74) is 1.60. The van der Waals surface area contributed by atoms with Crippen LogP contribution < -0.4 is 14.4 Å². The average Bonchev–Trinajstić information content (AvgIpc) is 2.52. The maximum absolute atomic E-state index is 12.5. The number of nitrogens with zero attached hydrogens (tertiary/aromatic N) is 1. The van der Waals surface area contributed by atoms with Crippen molar-refractivity contribution in [2.45, 2.75) is 26.9 Å². The monoisotopic (exact) mass is 410 g/mol. The highest BCUT2D eigenvalue weighted by Crippen LogP contribution is 2.26. The largest absolute Gasteiger partial charge is 0.491 e. The van der Waals surface area contributed by atoms with E-state index in [1.807, 2.05) is 13.8 Å². The van der Waals surface area contributed by atoms with Crippen LogP contribution in [0.5, 0.6) is 5.75 Å². The van der Waals surface area contributed by atoms with Gasteiger partial charge in [0, 0.05) is 16.8 Å². The van der Waals surface area contributed by atoms with Crippen LogP contribution in [0.25, 0.3) is 0 Å². The molecule has 0 atom stereocenters. The number of carbonyl (C=O) groups excluding carboxylic acids is 1. The number of sulfonamides is 1. The Morgan fingerprint density at radius 3 is 2.52 bits per heavy atom. The van der Waals surface area contributed by atoms with Gasteiger partial charge in [0.05, 0.1) is 18.0 Å². The van der Waals surface area contributed by atoms with Gasteiger partial charge in [0.15, 0.2) is 0 Å². The quantitative estimate of drug-likeness (QED) is 0.752. The summed E-state index contributed by atoms with van der Waals surface area (Å²) in [5.74, 6) is 0.160. The van der Waals surface area contributed by atoms with Crippen molar-refractivity contribution in [1.29, 1.82) is 0 Å². The predicted molar refractivity (Wildman–Crippen MR) is 109 cm³/mol. The number of halogens is 1. The van der Waals surface area contributed by atoms with Gasteiger partial charge in [-0.2, -0.15) is 0 Å². The molecule has 146 valence electrons. The molecule has 0 spiro atoms. The van der Waals surface area contributed by atoms with Crippen LogP contribution in [0.4, 0.5) is 11.4 Å². The molecule has 27 heavy (non-hydrogen) atoms. The highest BCUT2D eigenvalue weighted by Gasteiger charge is 2.22. The van der Waals surface area contributed by atoms with Gasteiger partial charge in [0.25, 0.3) is 0 Å². The second-order valence-electron chi connectivity index (χ2n) is 6.44. The van der Waals surface area contributed by atoms with Gasteiger partial charge < -0.3 is 10.1 Å². The molecule has 0 fully saturated rings. The molecule has 0 bridgehead atoms. The summed E-state index contributed by atoms with van der Waals surface area (Å²) in [6, 6.07) is 11.8. The molecule has 2 aromatic carbocycles. The Bertz CT molecular complexity index is 929. The molecule has 2 rings (SSSR count). The van der Waals surface area contributed by atoms with E-state index >= 15 is 0 Å². The molecular weight excluding hydrogens is 388 g/mol. The zero-order chi connectivity index (χ0) is 20.2. The lowest BCUT2D eigenvalue weighted by Crippen LogP contribution is -2.37. The third-order valence-electron chi connectivity index (χ3n) is 3.60. The first-order valence-electron chi connectivity index (χ1n) is 8.36. The highest BCUT2D eigenvalue weighted by atomic mass is 35.5. The molecule has 0 aliphatic heterocycles. The van der Waals surface area contributed by atoms with Crippen molar-refractivity contribution < 1.29 is 17.9 Å². The molecule has 6 nitrogen and oxygen atoms in total. The number of hydrogen-bond donors (Lipinski definition) is 1. The van der Waals surface area contributed by atoms with Crippen molar-refractivity contribution in [3.63, 3.8) is 0 Å². The molecule has 0 heterocycles. The van der Waals surface area contributed by atoms with E-state index in [-0.39, 0.29) is 12.6 Å². The zero-order valence-corrected chi connectivity index (χ0v) is 17.3. The first kappa shape index (κ1) is 21.1. The number of nitrogens with one attached hydrogen (secondary N) is 1. The van der Waals surface area contributed by atoms with Crippen molar-refractivity contribution in [2.75, 3.05) is 22.4 Å². The fourth-order valence-corrected chi connectivity index (χ4v) is 3.67. The molecule has 0 aromatic heterocycles. The van der Waals surface area contributed by atoms with Gasteiger partial charge in [-0.05, 0) is 56.7 Å². The maximum atomic E-state index is 12.5. The Balaban J connectivity index is 2.20. The van der Waals surface area contributed by atoms with E-state index in [2.05, 4.69) is 5.32 Å². The maximum Gasteiger partial charge on any atom is 0.245 e. The molecule has 2 aromatic rings. The van der Waals surface area contributed by atoms with Gasteiger partial charge in [0.1, 0.15) is 12.3 Å². The first-order valence-corrected chi connectivity index (χ1v) is 10.6. The SMILES string of the molecule is Cc1cc(Cl)ccc1N(CC(=O)Nc1cccc(OC(C)C)c1)S(C)(=O)=O. The Morgan fingerprint density at radius 1 is 1.22 bits per heavy atom. The molecule has 0 saturated heterocycles. The average molecular weight is 411 g/mol. The molecule has 1 amide bonds. The van der Waals surface area contributed by atoms with Crippen LogP contribution in [0.15, 0.2) is 42.5 Å². The number of benzene rings is 2. The number of aryl methyl sites for hydroxylation is 1. The summed E-state index contributed by atoms with van der Waals surface area (Å²) in [5, 5.41) is 3.20. The van der Waals surface area contributed by atoms with Crippen molar-refractivity contribution in [2.24, 2.45) is 0 Å². The molecular formula is C19H23ClN2O4S. The van der Waals surface area contributed by atoms with Crippen LogP contribution in [0.3, 0.4) is 0 Å². The van der Waals surface area contributed by atoms with E-state index in [0.29, 0.717) is 27.7 Å². The van der Waals surface area contributed by atoms with Crippen LogP contribution in [0.1, 0.15) is 19.4 Å². The minimum Gasteiger partial charge on any atom is -0.491 e. The van der Waals surface area contributed by atoms with Crippen molar-refractivity contribution in [3.05, 3.63) is 53.1 Å². The van der Waals surface area contributed by atoms with Crippen molar-refractivity contribution in [1.82, 2.24) is 0 Å². The van der Waals surface area contributed by atoms with Crippen LogP contribution >= 0.6 is 11.6 Å². The zero-order valence-electron chi connectivity index (χ0n) is 15.7. The number of rotatable bonds is 7. The second kappa shape index (κ2) is 8.63. The van der Waals surface area contributed by atoms with Crippen molar-refractivity contribution >= 4 is 38.9 Å². The Labute approximate surface area is 165 Å². The molecule has 1 N–H and O–H groups in total. The van der Waals surface area contributed by atoms with Crippen LogP contribution in [-0.4, -0.2) is 33.2 Å². The normalized spacial score (nSPS) is 11.3. The first-order chi connectivity index (χ1) is 12.6. The number of hydrogen-bond acceptors (Lipinski definition) is 4. The third-order valence-corrected chi connectivity index (χ3v) is 4.97. The topological polar surface area (TPSA) is 75.7 Å². The van der Waals surface area contributed by atoms with Gasteiger partial charge in [-0.1, -0.05) is 17.7 Å². The fourth-order valence-electron chi connectivity index (χ4n) is 2.53. The van der Waals surface area contributed by atoms with E-state index in [1.54, 1.807) is 49.4 Å². The Hall–Kier alpha value is -2.25. The predicted octanol–water partition coefficient (Wildman–Crippen LogP) is 3.84. The lowest BCUT2D eigenvalue weighted by Gasteiger charge is -2.23. The number of amides is 1. The molecule has 0 aliphatic rings. The van der Waals surface area contributed by atoms with Crippen LogP contribution in [-0.2, 0) is 14.8 Å². The Morgan fingerprint density at radius 2 is 1.93 bits per heavy atom. The van der Waals surface area contributed by atoms with Crippen molar-refractivity contribution in [3.8, 4) is 5.75 Å². The van der Waals surface area contributed by atoms with E-state index in [4.69, 9.17) is 16.3 Å². The standard InChI is InChI=1S/C19H23ClN2O4S/c1-13(2)26-17-7-5-6-16(11-17)21-19(23)12-22(27(4,24)25)18-9-8-15(20)10-14(18)3/h5-11,13H,12H2,1-4H3,(H,21,23). The molecule has 0 unspecified atom stereocenters. The van der Waals surface area contributed by atoms with Crippen LogP contribution in [0, 0.1) is 6.92 Å². The van der Waals surface area contributed by atoms with E-state index in [9.17, 15) is 13.2 Å². The van der Waals surface area contributed by atoms with Gasteiger partial charge in [-0.15, -0.1) is 0 Å². The van der Waals surface area contributed by atoms with Gasteiger partial charge >= 0.3 is 0 Å².